The average Bonchev–Trinajstić information content (AvgIpc) is 2.87. The van der Waals surface area contributed by atoms with Crippen molar-refractivity contribution >= 4 is 11.8 Å². The van der Waals surface area contributed by atoms with Gasteiger partial charge in [0.25, 0.3) is 0 Å². The molecule has 1 aliphatic heterocycles. The zero-order chi connectivity index (χ0) is 25.3. The van der Waals surface area contributed by atoms with Crippen molar-refractivity contribution in [2.45, 2.75) is 82.3 Å². The van der Waals surface area contributed by atoms with E-state index in [4.69, 9.17) is 20.9 Å². The average molecular weight is 494 g/mol. The lowest BCUT2D eigenvalue weighted by Gasteiger charge is -2.42. The van der Waals surface area contributed by atoms with Gasteiger partial charge in [0, 0.05) is 44.3 Å². The van der Waals surface area contributed by atoms with Crippen LogP contribution in [0, 0.1) is 17.7 Å². The van der Waals surface area contributed by atoms with Gasteiger partial charge in [-0.05, 0) is 50.5 Å². The first-order valence-corrected chi connectivity index (χ1v) is 13.3. The molecule has 1 aliphatic carbocycles. The summed E-state index contributed by atoms with van der Waals surface area (Å²) in [5, 5.41) is 11.9. The minimum absolute atomic E-state index is 0.0110. The van der Waals surface area contributed by atoms with Crippen molar-refractivity contribution in [1.29, 1.82) is 0 Å². The third-order valence-electron chi connectivity index (χ3n) is 7.79. The molecule has 0 radical (unpaired) electrons. The highest BCUT2D eigenvalue weighted by atomic mass is 19.1. The SMILES string of the molecule is COCCCC[C@@](O)(c1cccc(N)c1F)[C@@H]1CCCN(C(=O)OC[C@@H](N)CC2CCCCC2)C1. The van der Waals surface area contributed by atoms with E-state index in [9.17, 15) is 9.90 Å². The zero-order valence-electron chi connectivity index (χ0n) is 21.2. The number of hydrogen-bond donors (Lipinski definition) is 3. The first kappa shape index (κ1) is 27.7. The van der Waals surface area contributed by atoms with Crippen LogP contribution in [0.25, 0.3) is 0 Å². The fraction of sp³-hybridized carbons (Fsp3) is 0.741. The van der Waals surface area contributed by atoms with Gasteiger partial charge >= 0.3 is 6.09 Å². The molecule has 2 fully saturated rings. The molecule has 0 bridgehead atoms. The van der Waals surface area contributed by atoms with Crippen LogP contribution in [0.4, 0.5) is 14.9 Å². The van der Waals surface area contributed by atoms with Crippen LogP contribution in [0.2, 0.25) is 0 Å². The van der Waals surface area contributed by atoms with Gasteiger partial charge < -0.3 is 30.9 Å². The van der Waals surface area contributed by atoms with Crippen LogP contribution in [-0.4, -0.2) is 55.6 Å². The molecule has 1 saturated carbocycles. The van der Waals surface area contributed by atoms with Gasteiger partial charge in [-0.1, -0.05) is 44.2 Å². The van der Waals surface area contributed by atoms with Crippen LogP contribution < -0.4 is 11.5 Å². The number of ether oxygens (including phenoxy) is 2. The number of halogens is 1. The van der Waals surface area contributed by atoms with Crippen molar-refractivity contribution in [3.8, 4) is 0 Å². The van der Waals surface area contributed by atoms with Gasteiger partial charge in [-0.25, -0.2) is 9.18 Å². The minimum Gasteiger partial charge on any atom is -0.448 e. The summed E-state index contributed by atoms with van der Waals surface area (Å²) >= 11 is 0. The number of carbonyl (C=O) groups excluding carboxylic acids is 1. The molecule has 3 rings (SSSR count). The highest BCUT2D eigenvalue weighted by Crippen LogP contribution is 2.41. The van der Waals surface area contributed by atoms with Crippen molar-refractivity contribution in [2.24, 2.45) is 17.6 Å². The van der Waals surface area contributed by atoms with Crippen LogP contribution in [0.5, 0.6) is 0 Å². The summed E-state index contributed by atoms with van der Waals surface area (Å²) < 4.78 is 25.8. The Morgan fingerprint density at radius 1 is 1.23 bits per heavy atom. The summed E-state index contributed by atoms with van der Waals surface area (Å²) in [5.74, 6) is -0.299. The lowest BCUT2D eigenvalue weighted by molar-refractivity contribution is -0.0624. The number of aliphatic hydroxyl groups is 1. The predicted molar refractivity (Wildman–Crippen MR) is 135 cm³/mol. The van der Waals surface area contributed by atoms with Crippen molar-refractivity contribution in [2.75, 3.05) is 39.1 Å². The fourth-order valence-electron chi connectivity index (χ4n) is 5.81. The van der Waals surface area contributed by atoms with Gasteiger partial charge in [-0.3, -0.25) is 0 Å². The summed E-state index contributed by atoms with van der Waals surface area (Å²) in [6.45, 7) is 1.61. The molecular weight excluding hydrogens is 449 g/mol. The normalized spacial score (nSPS) is 21.9. The summed E-state index contributed by atoms with van der Waals surface area (Å²) in [5.41, 5.74) is 10.9. The van der Waals surface area contributed by atoms with Gasteiger partial charge in [0.1, 0.15) is 6.61 Å². The molecule has 0 aromatic heterocycles. The van der Waals surface area contributed by atoms with E-state index >= 15 is 4.39 Å². The Hall–Kier alpha value is -1.90. The molecule has 35 heavy (non-hydrogen) atoms. The fourth-order valence-corrected chi connectivity index (χ4v) is 5.81. The molecule has 5 N–H and O–H groups in total. The van der Waals surface area contributed by atoms with Crippen LogP contribution in [0.15, 0.2) is 18.2 Å². The number of likely N-dealkylation sites (tertiary alicyclic amines) is 1. The molecule has 1 aromatic rings. The molecule has 3 atom stereocenters. The third kappa shape index (κ3) is 7.54. The van der Waals surface area contributed by atoms with Crippen molar-refractivity contribution in [3.63, 3.8) is 0 Å². The number of nitrogens with two attached hydrogens (primary N) is 2. The molecule has 2 aliphatic rings. The lowest BCUT2D eigenvalue weighted by atomic mass is 9.74. The van der Waals surface area contributed by atoms with Crippen molar-refractivity contribution < 1.29 is 23.8 Å². The van der Waals surface area contributed by atoms with Crippen LogP contribution in [0.3, 0.4) is 0 Å². The number of benzene rings is 1. The number of amides is 1. The maximum absolute atomic E-state index is 15.1. The van der Waals surface area contributed by atoms with E-state index in [0.29, 0.717) is 51.3 Å². The quantitative estimate of drug-likeness (QED) is 0.308. The summed E-state index contributed by atoms with van der Waals surface area (Å²) in [6.07, 6.45) is 9.86. The Balaban J connectivity index is 1.63. The number of rotatable bonds is 11. The second kappa shape index (κ2) is 13.4. The molecule has 7 nitrogen and oxygen atoms in total. The van der Waals surface area contributed by atoms with Crippen LogP contribution >= 0.6 is 0 Å². The molecule has 8 heteroatoms. The summed E-state index contributed by atoms with van der Waals surface area (Å²) in [7, 11) is 1.63. The first-order chi connectivity index (χ1) is 16.8. The number of piperidine rings is 1. The van der Waals surface area contributed by atoms with Crippen molar-refractivity contribution in [3.05, 3.63) is 29.6 Å². The van der Waals surface area contributed by atoms with Gasteiger partial charge in [0.15, 0.2) is 5.82 Å². The molecule has 0 unspecified atom stereocenters. The number of nitrogens with zero attached hydrogens (tertiary/aromatic N) is 1. The Morgan fingerprint density at radius 3 is 2.74 bits per heavy atom. The van der Waals surface area contributed by atoms with Crippen LogP contribution in [0.1, 0.15) is 76.2 Å². The summed E-state index contributed by atoms with van der Waals surface area (Å²) in [6, 6.07) is 4.59. The molecular formula is C27H44FN3O4. The topological polar surface area (TPSA) is 111 Å². The number of carbonyl (C=O) groups is 1. The number of anilines is 1. The monoisotopic (exact) mass is 493 g/mol. The largest absolute Gasteiger partial charge is 0.448 e. The first-order valence-electron chi connectivity index (χ1n) is 13.3. The van der Waals surface area contributed by atoms with E-state index < -0.39 is 17.5 Å². The molecule has 198 valence electrons. The second-order valence-electron chi connectivity index (χ2n) is 10.4. The lowest BCUT2D eigenvalue weighted by Crippen LogP contribution is -2.49. The van der Waals surface area contributed by atoms with Gasteiger partial charge in [-0.2, -0.15) is 0 Å². The summed E-state index contributed by atoms with van der Waals surface area (Å²) in [4.78, 5) is 14.5. The van der Waals surface area contributed by atoms with Gasteiger partial charge in [-0.15, -0.1) is 0 Å². The minimum atomic E-state index is -1.44. The Labute approximate surface area is 209 Å². The number of nitrogen functional groups attached to an aromatic ring is 1. The second-order valence-corrected chi connectivity index (χ2v) is 10.4. The van der Waals surface area contributed by atoms with Crippen molar-refractivity contribution in [1.82, 2.24) is 4.90 Å². The van der Waals surface area contributed by atoms with Gasteiger partial charge in [0.05, 0.1) is 11.3 Å². The highest BCUT2D eigenvalue weighted by Gasteiger charge is 2.43. The molecule has 0 spiro atoms. The van der Waals surface area contributed by atoms with E-state index in [1.165, 1.54) is 38.2 Å². The van der Waals surface area contributed by atoms with E-state index in [2.05, 4.69) is 0 Å². The van der Waals surface area contributed by atoms with E-state index in [0.717, 1.165) is 12.8 Å². The molecule has 1 saturated heterocycles. The maximum atomic E-state index is 15.1. The Morgan fingerprint density at radius 2 is 2.00 bits per heavy atom. The predicted octanol–water partition coefficient (Wildman–Crippen LogP) is 4.56. The smallest absolute Gasteiger partial charge is 0.409 e. The van der Waals surface area contributed by atoms with E-state index in [-0.39, 0.29) is 29.8 Å². The molecule has 1 amide bonds. The molecule has 1 heterocycles. The number of hydrogen-bond acceptors (Lipinski definition) is 6. The third-order valence-corrected chi connectivity index (χ3v) is 7.79. The maximum Gasteiger partial charge on any atom is 0.409 e. The highest BCUT2D eigenvalue weighted by molar-refractivity contribution is 5.67. The zero-order valence-corrected chi connectivity index (χ0v) is 21.2. The Kier molecular flexibility index (Phi) is 10.6. The van der Waals surface area contributed by atoms with E-state index in [1.807, 2.05) is 0 Å². The van der Waals surface area contributed by atoms with Crippen LogP contribution in [-0.2, 0) is 15.1 Å². The van der Waals surface area contributed by atoms with E-state index in [1.54, 1.807) is 24.1 Å². The number of unbranched alkanes of at least 4 members (excludes halogenated alkanes) is 1. The Bertz CT molecular complexity index is 805. The number of methoxy groups -OCH3 is 1. The molecule has 1 aromatic carbocycles. The standard InChI is InChI=1S/C27H44FN3O4/c1-34-16-6-5-14-27(33,23-12-7-13-24(30)25(23)28)21-11-8-15-31(18-21)26(32)35-19-22(29)17-20-9-3-2-4-10-20/h7,12-13,20-22,33H,2-6,8-11,14-19,29-30H2,1H3/t21-,22+,27+/m1/s1. The van der Waals surface area contributed by atoms with Gasteiger partial charge in [0.2, 0.25) is 0 Å².